The van der Waals surface area contributed by atoms with E-state index in [-0.39, 0.29) is 6.04 Å². The minimum absolute atomic E-state index is 0.127. The van der Waals surface area contributed by atoms with E-state index in [4.69, 9.17) is 17.3 Å². The number of rotatable bonds is 3. The summed E-state index contributed by atoms with van der Waals surface area (Å²) >= 11 is 5.79. The molecule has 2 atom stereocenters. The Morgan fingerprint density at radius 3 is 2.31 bits per heavy atom. The van der Waals surface area contributed by atoms with Gasteiger partial charge in [-0.1, -0.05) is 44.0 Å². The molecule has 72 valence electrons. The van der Waals surface area contributed by atoms with E-state index < -0.39 is 0 Å². The molecule has 0 aliphatic rings. The van der Waals surface area contributed by atoms with Crippen molar-refractivity contribution < 1.29 is 0 Å². The number of halogens is 1. The van der Waals surface area contributed by atoms with Gasteiger partial charge in [-0.3, -0.25) is 0 Å². The molecule has 2 heteroatoms. The van der Waals surface area contributed by atoms with E-state index in [1.165, 1.54) is 5.56 Å². The molecule has 0 radical (unpaired) electrons. The van der Waals surface area contributed by atoms with Crippen molar-refractivity contribution in [2.45, 2.75) is 26.3 Å². The van der Waals surface area contributed by atoms with Crippen LogP contribution < -0.4 is 5.73 Å². The van der Waals surface area contributed by atoms with Gasteiger partial charge in [0.2, 0.25) is 0 Å². The van der Waals surface area contributed by atoms with Crippen LogP contribution in [0.4, 0.5) is 0 Å². The van der Waals surface area contributed by atoms with Crippen LogP contribution in [0.5, 0.6) is 0 Å². The normalized spacial score (nSPS) is 15.4. The summed E-state index contributed by atoms with van der Waals surface area (Å²) in [6.07, 6.45) is 1.10. The zero-order chi connectivity index (χ0) is 9.84. The third-order valence-electron chi connectivity index (χ3n) is 2.51. The van der Waals surface area contributed by atoms with E-state index >= 15 is 0 Å². The van der Waals surface area contributed by atoms with Crippen molar-refractivity contribution in [1.29, 1.82) is 0 Å². The van der Waals surface area contributed by atoms with Crippen molar-refractivity contribution in [2.24, 2.45) is 11.7 Å². The molecule has 2 N–H and O–H groups in total. The highest BCUT2D eigenvalue weighted by molar-refractivity contribution is 6.30. The quantitative estimate of drug-likeness (QED) is 0.790. The molecule has 0 bridgehead atoms. The van der Waals surface area contributed by atoms with Crippen LogP contribution in [0.3, 0.4) is 0 Å². The monoisotopic (exact) mass is 197 g/mol. The third kappa shape index (κ3) is 2.71. The second-order valence-corrected chi connectivity index (χ2v) is 3.90. The van der Waals surface area contributed by atoms with Gasteiger partial charge in [-0.25, -0.2) is 0 Å². The maximum Gasteiger partial charge on any atom is 0.0406 e. The molecular formula is C11H16ClN. The van der Waals surface area contributed by atoms with Crippen LogP contribution in [-0.2, 0) is 0 Å². The van der Waals surface area contributed by atoms with E-state index in [9.17, 15) is 0 Å². The highest BCUT2D eigenvalue weighted by atomic mass is 35.5. The predicted molar refractivity (Wildman–Crippen MR) is 57.8 cm³/mol. The molecule has 1 nitrogen and oxygen atoms in total. The van der Waals surface area contributed by atoms with Crippen molar-refractivity contribution >= 4 is 11.6 Å². The van der Waals surface area contributed by atoms with Gasteiger partial charge < -0.3 is 5.73 Å². The van der Waals surface area contributed by atoms with Gasteiger partial charge in [0.05, 0.1) is 0 Å². The molecule has 1 rings (SSSR count). The summed E-state index contributed by atoms with van der Waals surface area (Å²) in [6.45, 7) is 4.32. The van der Waals surface area contributed by atoms with Gasteiger partial charge in [-0.15, -0.1) is 0 Å². The lowest BCUT2D eigenvalue weighted by molar-refractivity contribution is 0.457. The summed E-state index contributed by atoms with van der Waals surface area (Å²) in [4.78, 5) is 0. The lowest BCUT2D eigenvalue weighted by Gasteiger charge is -2.18. The molecule has 1 unspecified atom stereocenters. The Morgan fingerprint density at radius 2 is 1.85 bits per heavy atom. The molecule has 0 saturated carbocycles. The van der Waals surface area contributed by atoms with Gasteiger partial charge in [-0.2, -0.15) is 0 Å². The van der Waals surface area contributed by atoms with Crippen LogP contribution >= 0.6 is 11.6 Å². The standard InChI is InChI=1S/C11H16ClN/c1-3-8(2)11(13)9-4-6-10(12)7-5-9/h4-8,11H,3,13H2,1-2H3/t8?,11-/m1/s1. The van der Waals surface area contributed by atoms with Gasteiger partial charge >= 0.3 is 0 Å². The Labute approximate surface area is 84.9 Å². The van der Waals surface area contributed by atoms with Crippen LogP contribution in [0.1, 0.15) is 31.9 Å². The fourth-order valence-corrected chi connectivity index (χ4v) is 1.39. The number of nitrogens with two attached hydrogens (primary N) is 1. The molecule has 0 aliphatic heterocycles. The fraction of sp³-hybridized carbons (Fsp3) is 0.455. The molecule has 13 heavy (non-hydrogen) atoms. The maximum atomic E-state index is 6.06. The van der Waals surface area contributed by atoms with E-state index in [1.54, 1.807) is 0 Å². The summed E-state index contributed by atoms with van der Waals surface area (Å²) in [6, 6.07) is 7.90. The van der Waals surface area contributed by atoms with Crippen molar-refractivity contribution in [1.82, 2.24) is 0 Å². The minimum atomic E-state index is 0.127. The highest BCUT2D eigenvalue weighted by Gasteiger charge is 2.12. The lowest BCUT2D eigenvalue weighted by atomic mass is 9.93. The van der Waals surface area contributed by atoms with Crippen molar-refractivity contribution in [3.8, 4) is 0 Å². The minimum Gasteiger partial charge on any atom is -0.324 e. The summed E-state index contributed by atoms with van der Waals surface area (Å²) in [5.74, 6) is 0.515. The molecule has 0 amide bonds. The van der Waals surface area contributed by atoms with Crippen LogP contribution in [0.2, 0.25) is 5.02 Å². The first-order chi connectivity index (χ1) is 6.15. The van der Waals surface area contributed by atoms with E-state index in [1.807, 2.05) is 24.3 Å². The molecule has 0 aliphatic carbocycles. The third-order valence-corrected chi connectivity index (χ3v) is 2.76. The first-order valence-electron chi connectivity index (χ1n) is 4.66. The Morgan fingerprint density at radius 1 is 1.31 bits per heavy atom. The molecule has 0 spiro atoms. The predicted octanol–water partition coefficient (Wildman–Crippen LogP) is 3.39. The molecule has 1 aromatic rings. The van der Waals surface area contributed by atoms with Crippen LogP contribution in [0.25, 0.3) is 0 Å². The number of hydrogen-bond donors (Lipinski definition) is 1. The first-order valence-corrected chi connectivity index (χ1v) is 5.04. The van der Waals surface area contributed by atoms with Gasteiger partial charge in [0, 0.05) is 11.1 Å². The Kier molecular flexibility index (Phi) is 3.76. The summed E-state index contributed by atoms with van der Waals surface area (Å²) < 4.78 is 0. The van der Waals surface area contributed by atoms with E-state index in [2.05, 4.69) is 13.8 Å². The molecule has 0 fully saturated rings. The summed E-state index contributed by atoms with van der Waals surface area (Å²) in [7, 11) is 0. The van der Waals surface area contributed by atoms with Crippen molar-refractivity contribution in [2.75, 3.05) is 0 Å². The van der Waals surface area contributed by atoms with E-state index in [0.717, 1.165) is 11.4 Å². The highest BCUT2D eigenvalue weighted by Crippen LogP contribution is 2.22. The number of benzene rings is 1. The Balaban J connectivity index is 2.77. The van der Waals surface area contributed by atoms with Crippen LogP contribution in [0, 0.1) is 5.92 Å². The molecule has 1 aromatic carbocycles. The van der Waals surface area contributed by atoms with Crippen molar-refractivity contribution in [3.63, 3.8) is 0 Å². The van der Waals surface area contributed by atoms with Gasteiger partial charge in [0.25, 0.3) is 0 Å². The topological polar surface area (TPSA) is 26.0 Å². The van der Waals surface area contributed by atoms with Crippen molar-refractivity contribution in [3.05, 3.63) is 34.9 Å². The average molecular weight is 198 g/mol. The average Bonchev–Trinajstić information content (AvgIpc) is 2.17. The lowest BCUT2D eigenvalue weighted by Crippen LogP contribution is -2.18. The van der Waals surface area contributed by atoms with Gasteiger partial charge in [0.15, 0.2) is 0 Å². The molecule has 0 saturated heterocycles. The molecule has 0 aromatic heterocycles. The second-order valence-electron chi connectivity index (χ2n) is 3.46. The van der Waals surface area contributed by atoms with Gasteiger partial charge in [0.1, 0.15) is 0 Å². The SMILES string of the molecule is CCC(C)[C@@H](N)c1ccc(Cl)cc1. The van der Waals surface area contributed by atoms with E-state index in [0.29, 0.717) is 5.92 Å². The smallest absolute Gasteiger partial charge is 0.0406 e. The zero-order valence-electron chi connectivity index (χ0n) is 8.13. The largest absolute Gasteiger partial charge is 0.324 e. The van der Waals surface area contributed by atoms with Gasteiger partial charge in [-0.05, 0) is 23.6 Å². The molecule has 0 heterocycles. The Bertz CT molecular complexity index is 255. The zero-order valence-corrected chi connectivity index (χ0v) is 8.88. The first kappa shape index (κ1) is 10.6. The summed E-state index contributed by atoms with van der Waals surface area (Å²) in [5, 5.41) is 0.764. The molecular weight excluding hydrogens is 182 g/mol. The number of hydrogen-bond acceptors (Lipinski definition) is 1. The van der Waals surface area contributed by atoms with Crippen LogP contribution in [-0.4, -0.2) is 0 Å². The fourth-order valence-electron chi connectivity index (χ4n) is 1.27. The maximum absolute atomic E-state index is 6.06. The second kappa shape index (κ2) is 4.64. The summed E-state index contributed by atoms with van der Waals surface area (Å²) in [5.41, 5.74) is 7.22. The Hall–Kier alpha value is -0.530. The van der Waals surface area contributed by atoms with Crippen LogP contribution in [0.15, 0.2) is 24.3 Å².